The van der Waals surface area contributed by atoms with Gasteiger partial charge in [-0.2, -0.15) is 4.99 Å². The summed E-state index contributed by atoms with van der Waals surface area (Å²) < 4.78 is 7.62. The number of non-ortho nitro benzene ring substituents is 1. The zero-order valence-corrected chi connectivity index (χ0v) is 15.4. The molecule has 0 aliphatic rings. The number of nitro benzene ring substituents is 1. The molecule has 0 N–H and O–H groups in total. The largest absolute Gasteiger partial charge is 0.497 e. The molecule has 0 spiro atoms. The summed E-state index contributed by atoms with van der Waals surface area (Å²) in [6.45, 7) is 4.18. The topological polar surface area (TPSA) is 86.7 Å². The summed E-state index contributed by atoms with van der Waals surface area (Å²) in [6.07, 6.45) is 1.85. The number of methoxy groups -OCH3 is 1. The lowest BCUT2D eigenvalue weighted by molar-refractivity contribution is -0.384. The molecule has 7 nitrogen and oxygen atoms in total. The minimum absolute atomic E-state index is 0.00520. The maximum atomic E-state index is 12.4. The molecule has 0 aliphatic carbocycles. The molecule has 1 heterocycles. The van der Waals surface area contributed by atoms with Crippen LogP contribution in [0.25, 0.3) is 10.2 Å². The molecule has 3 aromatic rings. The van der Waals surface area contributed by atoms with Crippen LogP contribution in [-0.2, 0) is 17.8 Å². The van der Waals surface area contributed by atoms with Crippen molar-refractivity contribution in [2.24, 2.45) is 4.99 Å². The van der Waals surface area contributed by atoms with Crippen LogP contribution in [0.15, 0.2) is 60.1 Å². The maximum absolute atomic E-state index is 12.4. The summed E-state index contributed by atoms with van der Waals surface area (Å²) in [4.78, 5) is 27.7. The van der Waals surface area contributed by atoms with Crippen LogP contribution in [0, 0.1) is 10.1 Å². The molecule has 0 fully saturated rings. The first-order valence-corrected chi connectivity index (χ1v) is 8.92. The summed E-state index contributed by atoms with van der Waals surface area (Å²) in [5.41, 5.74) is 1.61. The Morgan fingerprint density at radius 3 is 2.70 bits per heavy atom. The van der Waals surface area contributed by atoms with E-state index < -0.39 is 4.92 Å². The molecule has 3 rings (SSSR count). The molecule has 2 aromatic carbocycles. The lowest BCUT2D eigenvalue weighted by Gasteiger charge is -2.02. The Hall–Kier alpha value is -3.26. The van der Waals surface area contributed by atoms with Gasteiger partial charge < -0.3 is 9.30 Å². The fourth-order valence-corrected chi connectivity index (χ4v) is 3.72. The molecular weight excluding hydrogens is 366 g/mol. The molecule has 1 amide bonds. The number of fused-ring (bicyclic) bond motifs is 1. The minimum atomic E-state index is -0.442. The summed E-state index contributed by atoms with van der Waals surface area (Å²) in [6, 6.07) is 11.8. The van der Waals surface area contributed by atoms with E-state index in [0.717, 1.165) is 16.8 Å². The predicted molar refractivity (Wildman–Crippen MR) is 104 cm³/mol. The van der Waals surface area contributed by atoms with Crippen molar-refractivity contribution >= 4 is 33.1 Å². The van der Waals surface area contributed by atoms with Gasteiger partial charge in [-0.25, -0.2) is 0 Å². The number of thiazole rings is 1. The summed E-state index contributed by atoms with van der Waals surface area (Å²) in [5.74, 6) is 0.428. The van der Waals surface area contributed by atoms with Crippen LogP contribution in [-0.4, -0.2) is 22.5 Å². The average Bonchev–Trinajstić information content (AvgIpc) is 2.99. The molecule has 8 heteroatoms. The van der Waals surface area contributed by atoms with Crippen molar-refractivity contribution in [2.45, 2.75) is 13.0 Å². The minimum Gasteiger partial charge on any atom is -0.497 e. The summed E-state index contributed by atoms with van der Waals surface area (Å²) in [5, 5.41) is 11.0. The first-order valence-electron chi connectivity index (χ1n) is 8.11. The van der Waals surface area contributed by atoms with Crippen LogP contribution < -0.4 is 9.54 Å². The van der Waals surface area contributed by atoms with Gasteiger partial charge in [0.1, 0.15) is 5.75 Å². The Balaban J connectivity index is 1.97. The van der Waals surface area contributed by atoms with Crippen molar-refractivity contribution in [1.82, 2.24) is 4.57 Å². The second-order valence-electron chi connectivity index (χ2n) is 5.72. The standard InChI is InChI=1S/C19H17N3O4S/c1-3-10-21-16-9-6-14(22(24)25)12-17(16)27-19(21)20-18(23)11-13-4-7-15(26-2)8-5-13/h3-9,12H,1,10-11H2,2H3. The number of nitro groups is 1. The molecule has 0 unspecified atom stereocenters. The number of hydrogen-bond donors (Lipinski definition) is 0. The number of benzene rings is 2. The van der Waals surface area contributed by atoms with Gasteiger partial charge in [0.25, 0.3) is 11.6 Å². The molecule has 0 atom stereocenters. The normalized spacial score (nSPS) is 11.5. The number of carbonyl (C=O) groups excluding carboxylic acids is 1. The van der Waals surface area contributed by atoms with Gasteiger partial charge in [-0.3, -0.25) is 14.9 Å². The number of carbonyl (C=O) groups is 1. The van der Waals surface area contributed by atoms with Gasteiger partial charge in [-0.1, -0.05) is 29.5 Å². The van der Waals surface area contributed by atoms with Gasteiger partial charge in [0.2, 0.25) is 0 Å². The van der Waals surface area contributed by atoms with Crippen LogP contribution in [0.1, 0.15) is 5.56 Å². The van der Waals surface area contributed by atoms with E-state index in [9.17, 15) is 14.9 Å². The SMILES string of the molecule is C=CCn1c(=NC(=O)Cc2ccc(OC)cc2)sc2cc([N+](=O)[O-])ccc21. The molecule has 0 aliphatic heterocycles. The van der Waals surface area contributed by atoms with Crippen molar-refractivity contribution in [1.29, 1.82) is 0 Å². The van der Waals surface area contributed by atoms with E-state index in [1.54, 1.807) is 31.4 Å². The smallest absolute Gasteiger partial charge is 0.270 e. The number of aromatic nitrogens is 1. The van der Waals surface area contributed by atoms with Crippen LogP contribution in [0.2, 0.25) is 0 Å². The van der Waals surface area contributed by atoms with E-state index in [0.29, 0.717) is 16.0 Å². The summed E-state index contributed by atoms with van der Waals surface area (Å²) in [7, 11) is 1.58. The molecule has 1 aromatic heterocycles. The number of hydrogen-bond acceptors (Lipinski definition) is 5. The fraction of sp³-hybridized carbons (Fsp3) is 0.158. The van der Waals surface area contributed by atoms with Gasteiger partial charge in [0.05, 0.1) is 28.7 Å². The lowest BCUT2D eigenvalue weighted by Crippen LogP contribution is -2.16. The van der Waals surface area contributed by atoms with Gasteiger partial charge in [-0.05, 0) is 23.8 Å². The third-order valence-corrected chi connectivity index (χ3v) is 4.96. The van der Waals surface area contributed by atoms with Crippen molar-refractivity contribution < 1.29 is 14.5 Å². The molecule has 0 radical (unpaired) electrons. The summed E-state index contributed by atoms with van der Waals surface area (Å²) >= 11 is 1.24. The highest BCUT2D eigenvalue weighted by atomic mass is 32.1. The first kappa shape index (κ1) is 18.5. The Kier molecular flexibility index (Phi) is 5.46. The highest BCUT2D eigenvalue weighted by molar-refractivity contribution is 7.16. The van der Waals surface area contributed by atoms with Crippen LogP contribution >= 0.6 is 11.3 Å². The number of rotatable bonds is 6. The van der Waals surface area contributed by atoms with Crippen LogP contribution in [0.5, 0.6) is 5.75 Å². The highest BCUT2D eigenvalue weighted by Gasteiger charge is 2.12. The Bertz CT molecular complexity index is 1080. The second-order valence-corrected chi connectivity index (χ2v) is 6.73. The molecule has 0 saturated heterocycles. The monoisotopic (exact) mass is 383 g/mol. The number of nitrogens with zero attached hydrogens (tertiary/aromatic N) is 3. The van der Waals surface area contributed by atoms with E-state index in [1.807, 2.05) is 16.7 Å². The zero-order valence-electron chi connectivity index (χ0n) is 14.6. The molecule has 138 valence electrons. The Morgan fingerprint density at radius 2 is 2.07 bits per heavy atom. The molecule has 27 heavy (non-hydrogen) atoms. The zero-order chi connectivity index (χ0) is 19.4. The maximum Gasteiger partial charge on any atom is 0.270 e. The van der Waals surface area contributed by atoms with E-state index in [1.165, 1.54) is 23.5 Å². The van der Waals surface area contributed by atoms with E-state index >= 15 is 0 Å². The third kappa shape index (κ3) is 4.12. The van der Waals surface area contributed by atoms with Crippen molar-refractivity contribution in [3.63, 3.8) is 0 Å². The molecule has 0 bridgehead atoms. The lowest BCUT2D eigenvalue weighted by atomic mass is 10.1. The Labute approximate surface area is 159 Å². The van der Waals surface area contributed by atoms with Crippen LogP contribution in [0.4, 0.5) is 5.69 Å². The van der Waals surface area contributed by atoms with Gasteiger partial charge >= 0.3 is 0 Å². The second kappa shape index (κ2) is 7.96. The van der Waals surface area contributed by atoms with Crippen molar-refractivity contribution in [3.05, 3.63) is 75.6 Å². The van der Waals surface area contributed by atoms with Gasteiger partial charge in [0.15, 0.2) is 4.80 Å². The molecule has 0 saturated carbocycles. The molecular formula is C19H17N3O4S. The average molecular weight is 383 g/mol. The fourth-order valence-electron chi connectivity index (χ4n) is 2.63. The van der Waals surface area contributed by atoms with Crippen molar-refractivity contribution in [3.8, 4) is 5.75 Å². The van der Waals surface area contributed by atoms with E-state index in [4.69, 9.17) is 4.74 Å². The Morgan fingerprint density at radius 1 is 1.33 bits per heavy atom. The van der Waals surface area contributed by atoms with Gasteiger partial charge in [0, 0.05) is 18.7 Å². The van der Waals surface area contributed by atoms with Gasteiger partial charge in [-0.15, -0.1) is 6.58 Å². The quantitative estimate of drug-likeness (QED) is 0.370. The highest BCUT2D eigenvalue weighted by Crippen LogP contribution is 2.23. The van der Waals surface area contributed by atoms with Crippen molar-refractivity contribution in [2.75, 3.05) is 7.11 Å². The number of amides is 1. The first-order chi connectivity index (χ1) is 13.0. The van der Waals surface area contributed by atoms with E-state index in [-0.39, 0.29) is 18.0 Å². The van der Waals surface area contributed by atoms with E-state index in [2.05, 4.69) is 11.6 Å². The number of ether oxygens (including phenoxy) is 1. The predicted octanol–water partition coefficient (Wildman–Crippen LogP) is 3.48. The third-order valence-electron chi connectivity index (χ3n) is 3.92. The van der Waals surface area contributed by atoms with Crippen LogP contribution in [0.3, 0.4) is 0 Å². The number of allylic oxidation sites excluding steroid dienone is 1.